The molecular formula is C18H24ClN4OS2+. The molecule has 0 bridgehead atoms. The van der Waals surface area contributed by atoms with Crippen LogP contribution in [0, 0.1) is 0 Å². The Labute approximate surface area is 168 Å². The lowest BCUT2D eigenvalue weighted by Gasteiger charge is -2.23. The highest BCUT2D eigenvalue weighted by atomic mass is 35.5. The molecule has 0 unspecified atom stereocenters. The second-order valence-electron chi connectivity index (χ2n) is 6.21. The second kappa shape index (κ2) is 10.2. The van der Waals surface area contributed by atoms with E-state index in [0.29, 0.717) is 11.7 Å². The average molecular weight is 412 g/mol. The largest absolute Gasteiger partial charge is 0.370 e. The SMILES string of the molecule is S=C(N=c1sccn1Cc1ccccc1Cl)NCCC[NH+]1CCOCC1. The number of ether oxygens (including phenoxy) is 1. The van der Waals surface area contributed by atoms with Gasteiger partial charge in [0, 0.05) is 29.6 Å². The Morgan fingerprint density at radius 3 is 2.96 bits per heavy atom. The molecule has 1 aromatic carbocycles. The van der Waals surface area contributed by atoms with Crippen molar-refractivity contribution in [1.82, 2.24) is 9.88 Å². The molecule has 0 atom stereocenters. The minimum Gasteiger partial charge on any atom is -0.370 e. The second-order valence-corrected chi connectivity index (χ2v) is 7.88. The van der Waals surface area contributed by atoms with Gasteiger partial charge >= 0.3 is 0 Å². The van der Waals surface area contributed by atoms with E-state index in [-0.39, 0.29) is 0 Å². The molecule has 0 amide bonds. The fourth-order valence-corrected chi connectivity index (χ4v) is 4.06. The van der Waals surface area contributed by atoms with Crippen LogP contribution in [0.3, 0.4) is 0 Å². The zero-order valence-corrected chi connectivity index (χ0v) is 17.0. The molecule has 1 saturated heterocycles. The van der Waals surface area contributed by atoms with E-state index in [1.54, 1.807) is 16.2 Å². The molecule has 5 nitrogen and oxygen atoms in total. The van der Waals surface area contributed by atoms with E-state index in [9.17, 15) is 0 Å². The van der Waals surface area contributed by atoms with Crippen molar-refractivity contribution >= 4 is 40.3 Å². The first-order valence-electron chi connectivity index (χ1n) is 8.83. The van der Waals surface area contributed by atoms with Crippen molar-refractivity contribution in [2.24, 2.45) is 4.99 Å². The van der Waals surface area contributed by atoms with Gasteiger partial charge in [-0.05, 0) is 23.8 Å². The molecule has 8 heteroatoms. The van der Waals surface area contributed by atoms with Gasteiger partial charge in [0.2, 0.25) is 0 Å². The number of thiazole rings is 1. The van der Waals surface area contributed by atoms with Gasteiger partial charge in [0.25, 0.3) is 0 Å². The highest BCUT2D eigenvalue weighted by Crippen LogP contribution is 2.15. The number of halogens is 1. The summed E-state index contributed by atoms with van der Waals surface area (Å²) in [5.74, 6) is 0. The summed E-state index contributed by atoms with van der Waals surface area (Å²) in [6.45, 7) is 6.64. The van der Waals surface area contributed by atoms with Crippen LogP contribution in [0.2, 0.25) is 5.02 Å². The van der Waals surface area contributed by atoms with Crippen molar-refractivity contribution < 1.29 is 9.64 Å². The van der Waals surface area contributed by atoms with E-state index >= 15 is 0 Å². The summed E-state index contributed by atoms with van der Waals surface area (Å²) in [7, 11) is 0. The Kier molecular flexibility index (Phi) is 7.64. The quantitative estimate of drug-likeness (QED) is 0.556. The highest BCUT2D eigenvalue weighted by Gasteiger charge is 2.12. The van der Waals surface area contributed by atoms with Gasteiger partial charge in [0.1, 0.15) is 13.1 Å². The third-order valence-electron chi connectivity index (χ3n) is 4.34. The Morgan fingerprint density at radius 1 is 1.35 bits per heavy atom. The average Bonchev–Trinajstić information content (AvgIpc) is 3.08. The lowest BCUT2D eigenvalue weighted by molar-refractivity contribution is -0.908. The zero-order valence-electron chi connectivity index (χ0n) is 14.6. The summed E-state index contributed by atoms with van der Waals surface area (Å²) in [6, 6.07) is 7.87. The van der Waals surface area contributed by atoms with Crippen molar-refractivity contribution in [1.29, 1.82) is 0 Å². The maximum atomic E-state index is 6.26. The minimum absolute atomic E-state index is 0.539. The van der Waals surface area contributed by atoms with Crippen LogP contribution >= 0.6 is 35.2 Å². The summed E-state index contributed by atoms with van der Waals surface area (Å²) in [5.41, 5.74) is 1.07. The number of morpholine rings is 1. The zero-order chi connectivity index (χ0) is 18.2. The fraction of sp³-hybridized carbons (Fsp3) is 0.444. The predicted octanol–water partition coefficient (Wildman–Crippen LogP) is 1.33. The van der Waals surface area contributed by atoms with E-state index in [0.717, 1.165) is 61.2 Å². The van der Waals surface area contributed by atoms with E-state index < -0.39 is 0 Å². The standard InChI is InChI=1S/C18H23ClN4OS2/c19-16-5-2-1-4-15(16)14-23-10-13-26-18(23)21-17(25)20-6-3-7-22-8-11-24-12-9-22/h1-2,4-5,10,13H,3,6-9,11-12,14H2,(H,20,25)/p+1. The molecule has 26 heavy (non-hydrogen) atoms. The van der Waals surface area contributed by atoms with Crippen molar-refractivity contribution in [2.45, 2.75) is 13.0 Å². The molecule has 3 rings (SSSR count). The molecule has 2 aromatic rings. The Bertz CT molecular complexity index is 783. The molecule has 0 spiro atoms. The van der Waals surface area contributed by atoms with Crippen LogP contribution in [-0.4, -0.2) is 49.1 Å². The number of quaternary nitrogens is 1. The first kappa shape index (κ1) is 19.5. The lowest BCUT2D eigenvalue weighted by atomic mass is 10.2. The molecule has 1 aliphatic heterocycles. The van der Waals surface area contributed by atoms with Crippen LogP contribution in [0.1, 0.15) is 12.0 Å². The molecule has 2 heterocycles. The molecule has 1 fully saturated rings. The van der Waals surface area contributed by atoms with Crippen LogP contribution in [0.4, 0.5) is 0 Å². The topological polar surface area (TPSA) is 43.0 Å². The minimum atomic E-state index is 0.539. The maximum absolute atomic E-state index is 6.26. The van der Waals surface area contributed by atoms with Gasteiger partial charge in [-0.2, -0.15) is 4.99 Å². The van der Waals surface area contributed by atoms with Gasteiger partial charge < -0.3 is 19.5 Å². The molecular weight excluding hydrogens is 388 g/mol. The lowest BCUT2D eigenvalue weighted by Crippen LogP contribution is -3.14. The molecule has 1 aromatic heterocycles. The van der Waals surface area contributed by atoms with Gasteiger partial charge in [-0.3, -0.25) is 0 Å². The van der Waals surface area contributed by atoms with Gasteiger partial charge in [-0.25, -0.2) is 0 Å². The van der Waals surface area contributed by atoms with Crippen LogP contribution < -0.4 is 15.0 Å². The van der Waals surface area contributed by atoms with E-state index in [1.807, 2.05) is 35.8 Å². The fourth-order valence-electron chi connectivity index (χ4n) is 2.89. The van der Waals surface area contributed by atoms with Crippen LogP contribution in [-0.2, 0) is 11.3 Å². The van der Waals surface area contributed by atoms with Gasteiger partial charge in [-0.15, -0.1) is 11.3 Å². The van der Waals surface area contributed by atoms with E-state index in [2.05, 4.69) is 14.9 Å². The highest BCUT2D eigenvalue weighted by molar-refractivity contribution is 7.80. The summed E-state index contributed by atoms with van der Waals surface area (Å²) in [5, 5.41) is 6.57. The van der Waals surface area contributed by atoms with E-state index in [1.165, 1.54) is 0 Å². The van der Waals surface area contributed by atoms with Crippen LogP contribution in [0.15, 0.2) is 40.8 Å². The summed E-state index contributed by atoms with van der Waals surface area (Å²) < 4.78 is 7.45. The van der Waals surface area contributed by atoms with Crippen molar-refractivity contribution in [2.75, 3.05) is 39.4 Å². The molecule has 0 saturated carbocycles. The summed E-state index contributed by atoms with van der Waals surface area (Å²) in [6.07, 6.45) is 3.09. The summed E-state index contributed by atoms with van der Waals surface area (Å²) >= 11 is 13.2. The summed E-state index contributed by atoms with van der Waals surface area (Å²) in [4.78, 5) is 7.05. The monoisotopic (exact) mass is 411 g/mol. The molecule has 0 aliphatic carbocycles. The molecule has 2 N–H and O–H groups in total. The third-order valence-corrected chi connectivity index (χ3v) is 5.74. The normalized spacial score (nSPS) is 16.0. The Morgan fingerprint density at radius 2 is 2.15 bits per heavy atom. The predicted molar refractivity (Wildman–Crippen MR) is 110 cm³/mol. The maximum Gasteiger partial charge on any atom is 0.195 e. The Hall–Kier alpha value is -1.25. The van der Waals surface area contributed by atoms with Crippen molar-refractivity contribution in [3.63, 3.8) is 0 Å². The smallest absolute Gasteiger partial charge is 0.195 e. The number of aromatic nitrogens is 1. The number of hydrogen-bond acceptors (Lipinski definition) is 3. The van der Waals surface area contributed by atoms with Gasteiger partial charge in [0.15, 0.2) is 9.91 Å². The van der Waals surface area contributed by atoms with Crippen molar-refractivity contribution in [3.8, 4) is 0 Å². The number of nitrogens with zero attached hydrogens (tertiary/aromatic N) is 2. The van der Waals surface area contributed by atoms with Crippen LogP contribution in [0.5, 0.6) is 0 Å². The van der Waals surface area contributed by atoms with E-state index in [4.69, 9.17) is 28.6 Å². The number of hydrogen-bond donors (Lipinski definition) is 2. The first-order valence-corrected chi connectivity index (χ1v) is 10.5. The van der Waals surface area contributed by atoms with Crippen molar-refractivity contribution in [3.05, 3.63) is 51.2 Å². The van der Waals surface area contributed by atoms with Gasteiger partial charge in [0.05, 0.1) is 26.3 Å². The molecule has 1 aliphatic rings. The number of nitrogens with one attached hydrogen (secondary N) is 2. The third kappa shape index (κ3) is 5.89. The first-order chi connectivity index (χ1) is 12.7. The number of thiocarbonyl (C=S) groups is 1. The Balaban J connectivity index is 1.50. The van der Waals surface area contributed by atoms with Gasteiger partial charge in [-0.1, -0.05) is 29.8 Å². The molecule has 0 radical (unpaired) electrons. The molecule has 140 valence electrons. The number of benzene rings is 1. The number of rotatable bonds is 6. The van der Waals surface area contributed by atoms with Crippen LogP contribution in [0.25, 0.3) is 0 Å².